The first-order valence-electron chi connectivity index (χ1n) is 8.14. The summed E-state index contributed by atoms with van der Waals surface area (Å²) in [6, 6.07) is 10.6. The monoisotopic (exact) mass is 373 g/mol. The minimum absolute atomic E-state index is 0.0397. The first kappa shape index (κ1) is 18.7. The standard InChI is InChI=1S/C19H19NO7/c1-24-18(22)15-10-26-11-20(17(15)19(23)25-2)13-5-3-12(4-6-13)16-8-7-14(9-21)27-16/h3-8,21H,9-11H2,1-2H3. The van der Waals surface area contributed by atoms with E-state index < -0.39 is 11.9 Å². The molecule has 2 aromatic rings. The minimum Gasteiger partial charge on any atom is -0.466 e. The van der Waals surface area contributed by atoms with E-state index in [0.717, 1.165) is 5.56 Å². The molecule has 1 N–H and O–H groups in total. The number of furan rings is 1. The summed E-state index contributed by atoms with van der Waals surface area (Å²) >= 11 is 0. The number of carbonyl (C=O) groups is 2. The SMILES string of the molecule is COC(=O)C1=C(C(=O)OC)N(c2ccc(-c3ccc(CO)o3)cc2)COC1. The Morgan fingerprint density at radius 1 is 1.07 bits per heavy atom. The van der Waals surface area contributed by atoms with Crippen LogP contribution in [0.5, 0.6) is 0 Å². The van der Waals surface area contributed by atoms with Crippen molar-refractivity contribution in [2.45, 2.75) is 6.61 Å². The molecule has 0 unspecified atom stereocenters. The number of benzene rings is 1. The molecule has 0 spiro atoms. The third-order valence-electron chi connectivity index (χ3n) is 4.11. The first-order valence-corrected chi connectivity index (χ1v) is 8.14. The molecular formula is C19H19NO7. The second kappa shape index (κ2) is 8.07. The number of nitrogens with zero attached hydrogens (tertiary/aromatic N) is 1. The molecule has 0 radical (unpaired) electrons. The van der Waals surface area contributed by atoms with Gasteiger partial charge >= 0.3 is 11.9 Å². The van der Waals surface area contributed by atoms with Gasteiger partial charge < -0.3 is 28.6 Å². The van der Waals surface area contributed by atoms with Crippen molar-refractivity contribution in [2.75, 3.05) is 32.5 Å². The van der Waals surface area contributed by atoms with Crippen LogP contribution in [0.3, 0.4) is 0 Å². The first-order chi connectivity index (χ1) is 13.1. The molecule has 8 heteroatoms. The van der Waals surface area contributed by atoms with Crippen LogP contribution in [0.4, 0.5) is 5.69 Å². The number of rotatable bonds is 5. The maximum atomic E-state index is 12.3. The van der Waals surface area contributed by atoms with Crippen LogP contribution in [0.2, 0.25) is 0 Å². The highest BCUT2D eigenvalue weighted by molar-refractivity contribution is 6.03. The van der Waals surface area contributed by atoms with Gasteiger partial charge in [0.25, 0.3) is 0 Å². The fourth-order valence-electron chi connectivity index (χ4n) is 2.77. The van der Waals surface area contributed by atoms with Crippen molar-refractivity contribution in [3.8, 4) is 11.3 Å². The number of hydrogen-bond donors (Lipinski definition) is 1. The van der Waals surface area contributed by atoms with Gasteiger partial charge in [0.05, 0.1) is 26.4 Å². The van der Waals surface area contributed by atoms with E-state index in [0.29, 0.717) is 17.2 Å². The van der Waals surface area contributed by atoms with E-state index in [4.69, 9.17) is 23.7 Å². The van der Waals surface area contributed by atoms with Gasteiger partial charge in [0, 0.05) is 11.3 Å². The molecule has 0 amide bonds. The van der Waals surface area contributed by atoms with Crippen LogP contribution < -0.4 is 4.90 Å². The largest absolute Gasteiger partial charge is 0.466 e. The molecule has 3 rings (SSSR count). The average molecular weight is 373 g/mol. The zero-order valence-corrected chi connectivity index (χ0v) is 14.9. The normalized spacial score (nSPS) is 14.3. The van der Waals surface area contributed by atoms with Gasteiger partial charge in [-0.25, -0.2) is 9.59 Å². The summed E-state index contributed by atoms with van der Waals surface area (Å²) in [6.07, 6.45) is 0. The second-order valence-electron chi connectivity index (χ2n) is 5.69. The topological polar surface area (TPSA) is 98.4 Å². The van der Waals surface area contributed by atoms with Crippen molar-refractivity contribution in [3.63, 3.8) is 0 Å². The molecule has 1 aliphatic heterocycles. The highest BCUT2D eigenvalue weighted by Crippen LogP contribution is 2.29. The van der Waals surface area contributed by atoms with Gasteiger partial charge in [-0.2, -0.15) is 0 Å². The van der Waals surface area contributed by atoms with E-state index in [2.05, 4.69) is 0 Å². The highest BCUT2D eigenvalue weighted by Gasteiger charge is 2.32. The Kier molecular flexibility index (Phi) is 5.58. The average Bonchev–Trinajstić information content (AvgIpc) is 3.21. The van der Waals surface area contributed by atoms with Crippen LogP contribution >= 0.6 is 0 Å². The molecule has 0 bridgehead atoms. The van der Waals surface area contributed by atoms with Gasteiger partial charge in [0.15, 0.2) is 0 Å². The van der Waals surface area contributed by atoms with Crippen molar-refractivity contribution in [2.24, 2.45) is 0 Å². The molecule has 8 nitrogen and oxygen atoms in total. The maximum absolute atomic E-state index is 12.3. The number of ether oxygens (including phenoxy) is 3. The van der Waals surface area contributed by atoms with E-state index >= 15 is 0 Å². The van der Waals surface area contributed by atoms with E-state index in [1.807, 2.05) is 0 Å². The quantitative estimate of drug-likeness (QED) is 0.793. The van der Waals surface area contributed by atoms with Gasteiger partial charge in [-0.3, -0.25) is 0 Å². The summed E-state index contributed by atoms with van der Waals surface area (Å²) in [6.45, 7) is -0.130. The van der Waals surface area contributed by atoms with Gasteiger partial charge in [-0.15, -0.1) is 0 Å². The Hall–Kier alpha value is -3.10. The summed E-state index contributed by atoms with van der Waals surface area (Å²) in [4.78, 5) is 25.8. The number of methoxy groups -OCH3 is 2. The zero-order valence-electron chi connectivity index (χ0n) is 14.9. The Morgan fingerprint density at radius 2 is 1.78 bits per heavy atom. The van der Waals surface area contributed by atoms with E-state index in [-0.39, 0.29) is 31.2 Å². The molecular weight excluding hydrogens is 354 g/mol. The van der Waals surface area contributed by atoms with Crippen molar-refractivity contribution < 1.29 is 33.3 Å². The van der Waals surface area contributed by atoms with Crippen LogP contribution in [0.25, 0.3) is 11.3 Å². The van der Waals surface area contributed by atoms with Gasteiger partial charge in [0.2, 0.25) is 0 Å². The fourth-order valence-corrected chi connectivity index (χ4v) is 2.77. The number of esters is 2. The van der Waals surface area contributed by atoms with Crippen molar-refractivity contribution in [3.05, 3.63) is 53.4 Å². The lowest BCUT2D eigenvalue weighted by atomic mass is 10.1. The van der Waals surface area contributed by atoms with Gasteiger partial charge in [0.1, 0.15) is 30.6 Å². The smallest absolute Gasteiger partial charge is 0.355 e. The van der Waals surface area contributed by atoms with Gasteiger partial charge in [-0.05, 0) is 36.4 Å². The van der Waals surface area contributed by atoms with Crippen molar-refractivity contribution in [1.29, 1.82) is 0 Å². The summed E-state index contributed by atoms with van der Waals surface area (Å²) in [7, 11) is 2.48. The molecule has 0 aliphatic carbocycles. The number of aliphatic hydroxyl groups excluding tert-OH is 1. The molecule has 0 saturated carbocycles. The molecule has 142 valence electrons. The Bertz CT molecular complexity index is 866. The van der Waals surface area contributed by atoms with Crippen LogP contribution in [0.15, 0.2) is 52.1 Å². The lowest BCUT2D eigenvalue weighted by molar-refractivity contribution is -0.140. The third-order valence-corrected chi connectivity index (χ3v) is 4.11. The van der Waals surface area contributed by atoms with E-state index in [9.17, 15) is 9.59 Å². The summed E-state index contributed by atoms with van der Waals surface area (Å²) in [5.41, 5.74) is 1.62. The van der Waals surface area contributed by atoms with Crippen LogP contribution in [0, 0.1) is 0 Å². The van der Waals surface area contributed by atoms with Gasteiger partial charge in [-0.1, -0.05) is 0 Å². The summed E-state index contributed by atoms with van der Waals surface area (Å²) in [5.74, 6) is -0.221. The molecule has 1 aromatic heterocycles. The lowest BCUT2D eigenvalue weighted by Crippen LogP contribution is -2.38. The number of hydrogen-bond acceptors (Lipinski definition) is 8. The van der Waals surface area contributed by atoms with E-state index in [1.165, 1.54) is 14.2 Å². The second-order valence-corrected chi connectivity index (χ2v) is 5.69. The number of carbonyl (C=O) groups excluding carboxylic acids is 2. The minimum atomic E-state index is -0.651. The van der Waals surface area contributed by atoms with Crippen LogP contribution in [-0.4, -0.2) is 44.6 Å². The maximum Gasteiger partial charge on any atom is 0.355 e. The predicted octanol–water partition coefficient (Wildman–Crippen LogP) is 1.83. The Balaban J connectivity index is 1.95. The van der Waals surface area contributed by atoms with Crippen LogP contribution in [0.1, 0.15) is 5.76 Å². The Morgan fingerprint density at radius 3 is 2.37 bits per heavy atom. The summed E-state index contributed by atoms with van der Waals surface area (Å²) < 4.78 is 20.5. The lowest BCUT2D eigenvalue weighted by Gasteiger charge is -2.31. The number of aliphatic hydroxyl groups is 1. The molecule has 27 heavy (non-hydrogen) atoms. The summed E-state index contributed by atoms with van der Waals surface area (Å²) in [5, 5.41) is 9.11. The van der Waals surface area contributed by atoms with Crippen LogP contribution in [-0.2, 0) is 30.4 Å². The predicted molar refractivity (Wildman–Crippen MR) is 94.4 cm³/mol. The molecule has 1 aromatic carbocycles. The number of anilines is 1. The van der Waals surface area contributed by atoms with Crippen molar-refractivity contribution in [1.82, 2.24) is 0 Å². The Labute approximate surface area is 155 Å². The molecule has 0 saturated heterocycles. The fraction of sp³-hybridized carbons (Fsp3) is 0.263. The van der Waals surface area contributed by atoms with E-state index in [1.54, 1.807) is 41.3 Å². The molecule has 2 heterocycles. The molecule has 1 aliphatic rings. The molecule has 0 fully saturated rings. The highest BCUT2D eigenvalue weighted by atomic mass is 16.5. The zero-order chi connectivity index (χ0) is 19.4. The third kappa shape index (κ3) is 3.71. The molecule has 0 atom stereocenters. The van der Waals surface area contributed by atoms with Crippen molar-refractivity contribution >= 4 is 17.6 Å².